The Bertz CT molecular complexity index is 642. The summed E-state index contributed by atoms with van der Waals surface area (Å²) in [6.45, 7) is 8.61. The second-order valence-corrected chi connectivity index (χ2v) is 15.9. The van der Waals surface area contributed by atoms with E-state index in [9.17, 15) is 14.7 Å². The quantitative estimate of drug-likeness (QED) is 0.0636. The molecular weight excluding hydrogens is 590 g/mol. The van der Waals surface area contributed by atoms with Gasteiger partial charge in [0.2, 0.25) is 5.91 Å². The molecule has 0 aliphatic heterocycles. The molecule has 0 bridgehead atoms. The fourth-order valence-electron chi connectivity index (χ4n) is 7.27. The van der Waals surface area contributed by atoms with Gasteiger partial charge in [-0.25, -0.2) is 4.79 Å². The molecule has 1 atom stereocenters. The van der Waals surface area contributed by atoms with Gasteiger partial charge in [-0.15, -0.1) is 0 Å². The van der Waals surface area contributed by atoms with Gasteiger partial charge in [0, 0.05) is 5.92 Å². The van der Waals surface area contributed by atoms with Crippen LogP contribution in [0.5, 0.6) is 0 Å². The summed E-state index contributed by atoms with van der Waals surface area (Å²) in [6.07, 6.45) is 45.5. The maximum absolute atomic E-state index is 13.2. The number of carbonyl (C=O) groups excluding carboxylic acids is 1. The molecule has 0 aromatic rings. The van der Waals surface area contributed by atoms with E-state index in [2.05, 4.69) is 19.2 Å². The lowest BCUT2D eigenvalue weighted by atomic mass is 9.92. The third-order valence-corrected chi connectivity index (χ3v) is 10.5. The average molecular weight is 678 g/mol. The topological polar surface area (TPSA) is 66.4 Å². The van der Waals surface area contributed by atoms with E-state index in [0.717, 1.165) is 25.7 Å². The number of hydrogen-bond acceptors (Lipinski definition) is 2. The fourth-order valence-corrected chi connectivity index (χ4v) is 7.27. The number of unbranched alkanes of at least 4 members (excludes halogenated alkanes) is 30. The second kappa shape index (κ2) is 37.2. The molecule has 0 aromatic heterocycles. The van der Waals surface area contributed by atoms with Gasteiger partial charge in [0.05, 0.1) is 0 Å². The fraction of sp³-hybridized carbons (Fsp3) is 0.955. The Balaban J connectivity index is 4.12. The van der Waals surface area contributed by atoms with Crippen LogP contribution in [0.3, 0.4) is 0 Å². The molecule has 0 unspecified atom stereocenters. The Kier molecular flexibility index (Phi) is 36.4. The minimum Gasteiger partial charge on any atom is -0.480 e. The number of rotatable bonds is 39. The van der Waals surface area contributed by atoms with Crippen molar-refractivity contribution in [2.75, 3.05) is 0 Å². The van der Waals surface area contributed by atoms with Gasteiger partial charge < -0.3 is 10.4 Å². The van der Waals surface area contributed by atoms with Crippen LogP contribution in [0.1, 0.15) is 252 Å². The lowest BCUT2D eigenvalue weighted by Crippen LogP contribution is -2.44. The first kappa shape index (κ1) is 46.9. The molecule has 0 radical (unpaired) electrons. The molecule has 0 spiro atoms. The van der Waals surface area contributed by atoms with Gasteiger partial charge in [-0.05, 0) is 25.2 Å². The molecule has 286 valence electrons. The predicted molar refractivity (Wildman–Crippen MR) is 211 cm³/mol. The summed E-state index contributed by atoms with van der Waals surface area (Å²) >= 11 is 0. The summed E-state index contributed by atoms with van der Waals surface area (Å²) in [5.74, 6) is -0.728. The van der Waals surface area contributed by atoms with Crippen LogP contribution in [0, 0.1) is 11.8 Å². The van der Waals surface area contributed by atoms with Gasteiger partial charge in [-0.1, -0.05) is 233 Å². The Morgan fingerprint density at radius 2 is 0.688 bits per heavy atom. The number of carboxylic acids is 1. The zero-order chi connectivity index (χ0) is 35.3. The van der Waals surface area contributed by atoms with Crippen molar-refractivity contribution in [3.05, 3.63) is 0 Å². The van der Waals surface area contributed by atoms with E-state index in [4.69, 9.17) is 0 Å². The van der Waals surface area contributed by atoms with Crippen molar-refractivity contribution in [3.63, 3.8) is 0 Å². The number of nitrogens with one attached hydrogen (secondary N) is 1. The number of carbonyl (C=O) groups is 2. The molecule has 4 nitrogen and oxygen atoms in total. The van der Waals surface area contributed by atoms with Crippen LogP contribution in [-0.4, -0.2) is 23.0 Å². The zero-order valence-electron chi connectivity index (χ0n) is 33.2. The smallest absolute Gasteiger partial charge is 0.326 e. The van der Waals surface area contributed by atoms with Crippen molar-refractivity contribution in [1.29, 1.82) is 0 Å². The molecule has 0 fully saturated rings. The molecule has 0 heterocycles. The van der Waals surface area contributed by atoms with E-state index < -0.39 is 12.0 Å². The van der Waals surface area contributed by atoms with Crippen LogP contribution < -0.4 is 5.32 Å². The minimum atomic E-state index is -0.902. The monoisotopic (exact) mass is 678 g/mol. The standard InChI is InChI=1S/C44H87NO3/c1-5-7-9-11-13-15-17-19-21-23-25-27-29-31-33-35-37-41(43(46)45-42(44(47)48)39-40(3)4)38-36-34-32-30-28-26-24-22-20-18-16-14-12-10-8-6-2/h40-42H,5-39H2,1-4H3,(H,45,46)(H,47,48)/t42-/m0/s1. The number of carboxylic acid groups (broad SMARTS) is 1. The third-order valence-electron chi connectivity index (χ3n) is 10.5. The van der Waals surface area contributed by atoms with Crippen LogP contribution in [0.25, 0.3) is 0 Å². The summed E-state index contributed by atoms with van der Waals surface area (Å²) in [6, 6.07) is -0.767. The van der Waals surface area contributed by atoms with E-state index in [1.165, 1.54) is 193 Å². The van der Waals surface area contributed by atoms with Crippen molar-refractivity contribution >= 4 is 11.9 Å². The first-order chi connectivity index (χ1) is 23.4. The summed E-state index contributed by atoms with van der Waals surface area (Å²) in [4.78, 5) is 25.1. The van der Waals surface area contributed by atoms with E-state index in [1.807, 2.05) is 13.8 Å². The highest BCUT2D eigenvalue weighted by Crippen LogP contribution is 2.21. The molecule has 0 aliphatic rings. The Hall–Kier alpha value is -1.06. The van der Waals surface area contributed by atoms with Crippen LogP contribution in [0.2, 0.25) is 0 Å². The Morgan fingerprint density at radius 3 is 0.917 bits per heavy atom. The summed E-state index contributed by atoms with van der Waals surface area (Å²) in [5, 5.41) is 12.6. The molecule has 0 saturated carbocycles. The molecule has 1 amide bonds. The lowest BCUT2D eigenvalue weighted by molar-refractivity contribution is -0.143. The highest BCUT2D eigenvalue weighted by Gasteiger charge is 2.25. The van der Waals surface area contributed by atoms with Crippen molar-refractivity contribution < 1.29 is 14.7 Å². The van der Waals surface area contributed by atoms with Crippen molar-refractivity contribution in [2.24, 2.45) is 11.8 Å². The lowest BCUT2D eigenvalue weighted by Gasteiger charge is -2.21. The summed E-state index contributed by atoms with van der Waals surface area (Å²) < 4.78 is 0. The van der Waals surface area contributed by atoms with Crippen LogP contribution >= 0.6 is 0 Å². The maximum Gasteiger partial charge on any atom is 0.326 e. The van der Waals surface area contributed by atoms with Crippen LogP contribution in [0.4, 0.5) is 0 Å². The van der Waals surface area contributed by atoms with E-state index in [-0.39, 0.29) is 17.7 Å². The SMILES string of the molecule is CCCCCCCCCCCCCCCCCCC(CCCCCCCCCCCCCCCCCC)C(=O)N[C@@H](CC(C)C)C(=O)O. The Morgan fingerprint density at radius 1 is 0.438 bits per heavy atom. The molecular formula is C44H87NO3. The molecule has 0 aliphatic carbocycles. The van der Waals surface area contributed by atoms with Gasteiger partial charge in [-0.2, -0.15) is 0 Å². The molecule has 0 saturated heterocycles. The van der Waals surface area contributed by atoms with Gasteiger partial charge >= 0.3 is 5.97 Å². The van der Waals surface area contributed by atoms with Gasteiger partial charge in [0.15, 0.2) is 0 Å². The van der Waals surface area contributed by atoms with Crippen molar-refractivity contribution in [2.45, 2.75) is 258 Å². The average Bonchev–Trinajstić information content (AvgIpc) is 3.06. The molecule has 2 N–H and O–H groups in total. The Labute approximate surface area is 301 Å². The molecule has 48 heavy (non-hydrogen) atoms. The van der Waals surface area contributed by atoms with Gasteiger partial charge in [0.1, 0.15) is 6.04 Å². The number of hydrogen-bond donors (Lipinski definition) is 2. The van der Waals surface area contributed by atoms with Crippen LogP contribution in [-0.2, 0) is 9.59 Å². The first-order valence-corrected chi connectivity index (χ1v) is 21.9. The van der Waals surface area contributed by atoms with Crippen LogP contribution in [0.15, 0.2) is 0 Å². The first-order valence-electron chi connectivity index (χ1n) is 21.9. The van der Waals surface area contributed by atoms with E-state index in [1.54, 1.807) is 0 Å². The predicted octanol–water partition coefficient (Wildman–Crippen LogP) is 14.5. The van der Waals surface area contributed by atoms with E-state index in [0.29, 0.717) is 6.42 Å². The maximum atomic E-state index is 13.2. The largest absolute Gasteiger partial charge is 0.480 e. The third kappa shape index (κ3) is 33.4. The minimum absolute atomic E-state index is 0.0232. The molecule has 0 aromatic carbocycles. The zero-order valence-corrected chi connectivity index (χ0v) is 33.2. The van der Waals surface area contributed by atoms with Gasteiger partial charge in [-0.3, -0.25) is 4.79 Å². The number of amides is 1. The summed E-state index contributed by atoms with van der Waals surface area (Å²) in [7, 11) is 0. The normalized spacial score (nSPS) is 12.3. The van der Waals surface area contributed by atoms with E-state index >= 15 is 0 Å². The van der Waals surface area contributed by atoms with Crippen molar-refractivity contribution in [3.8, 4) is 0 Å². The number of aliphatic carboxylic acids is 1. The second-order valence-electron chi connectivity index (χ2n) is 15.9. The highest BCUT2D eigenvalue weighted by molar-refractivity contribution is 5.84. The molecule has 0 rings (SSSR count). The summed E-state index contributed by atoms with van der Waals surface area (Å²) in [5.41, 5.74) is 0. The molecule has 4 heteroatoms. The van der Waals surface area contributed by atoms with Crippen molar-refractivity contribution in [1.82, 2.24) is 5.32 Å². The highest BCUT2D eigenvalue weighted by atomic mass is 16.4. The van der Waals surface area contributed by atoms with Gasteiger partial charge in [0.25, 0.3) is 0 Å².